The van der Waals surface area contributed by atoms with E-state index in [9.17, 15) is 9.18 Å². The van der Waals surface area contributed by atoms with Crippen molar-refractivity contribution in [2.75, 3.05) is 19.5 Å². The normalized spacial score (nSPS) is 12.0. The number of amides is 1. The number of benzene rings is 1. The van der Waals surface area contributed by atoms with Gasteiger partial charge in [-0.2, -0.15) is 0 Å². The van der Waals surface area contributed by atoms with Crippen molar-refractivity contribution >= 4 is 22.4 Å². The van der Waals surface area contributed by atoms with Crippen molar-refractivity contribution in [3.63, 3.8) is 0 Å². The molecule has 21 heavy (non-hydrogen) atoms. The minimum Gasteiger partial charge on any atom is -0.496 e. The van der Waals surface area contributed by atoms with Crippen molar-refractivity contribution in [1.29, 1.82) is 0 Å². The van der Waals surface area contributed by atoms with E-state index >= 15 is 0 Å². The van der Waals surface area contributed by atoms with E-state index in [-0.39, 0.29) is 17.4 Å². The molecular formula is C14H16FN3O2S. The fourth-order valence-corrected chi connectivity index (χ4v) is 2.54. The molecule has 112 valence electrons. The minimum atomic E-state index is -0.632. The van der Waals surface area contributed by atoms with Gasteiger partial charge in [0.05, 0.1) is 12.8 Å². The Hall–Kier alpha value is -1.99. The molecule has 0 aliphatic carbocycles. The van der Waals surface area contributed by atoms with Crippen LogP contribution in [-0.4, -0.2) is 25.0 Å². The Morgan fingerprint density at radius 3 is 2.90 bits per heavy atom. The number of carbonyl (C=O) groups is 1. The number of ether oxygens (including phenoxy) is 1. The van der Waals surface area contributed by atoms with Gasteiger partial charge in [0, 0.05) is 11.4 Å². The van der Waals surface area contributed by atoms with Crippen LogP contribution in [0.2, 0.25) is 0 Å². The maximum absolute atomic E-state index is 13.8. The Labute approximate surface area is 126 Å². The summed E-state index contributed by atoms with van der Waals surface area (Å²) < 4.78 is 18.8. The number of nitrogens with one attached hydrogen (secondary N) is 2. The topological polar surface area (TPSA) is 63.2 Å². The van der Waals surface area contributed by atoms with Gasteiger partial charge in [-0.05, 0) is 26.1 Å². The van der Waals surface area contributed by atoms with Crippen LogP contribution < -0.4 is 15.4 Å². The highest BCUT2D eigenvalue weighted by Gasteiger charge is 2.19. The standard InChI is InChI=1S/C14H16FN3O2S/c1-8(16-2)10-7-21-14(17-10)18-13(19)12-9(15)5-4-6-11(12)20-3/h4-8,16H,1-3H3,(H,17,18,19). The molecule has 0 saturated heterocycles. The molecule has 1 amide bonds. The van der Waals surface area contributed by atoms with Crippen molar-refractivity contribution in [2.24, 2.45) is 0 Å². The first-order chi connectivity index (χ1) is 10.1. The zero-order valence-corrected chi connectivity index (χ0v) is 12.8. The van der Waals surface area contributed by atoms with Crippen LogP contribution in [0, 0.1) is 5.82 Å². The number of aromatic nitrogens is 1. The van der Waals surface area contributed by atoms with Crippen LogP contribution in [0.5, 0.6) is 5.75 Å². The molecule has 1 aromatic heterocycles. The average molecular weight is 309 g/mol. The van der Waals surface area contributed by atoms with Gasteiger partial charge in [0.15, 0.2) is 5.13 Å². The maximum Gasteiger partial charge on any atom is 0.264 e. The Balaban J connectivity index is 2.20. The Bertz CT molecular complexity index is 645. The van der Waals surface area contributed by atoms with E-state index < -0.39 is 11.7 Å². The molecule has 2 N–H and O–H groups in total. The van der Waals surface area contributed by atoms with Crippen molar-refractivity contribution < 1.29 is 13.9 Å². The molecule has 2 rings (SSSR count). The SMILES string of the molecule is CNC(C)c1csc(NC(=O)c2c(F)cccc2OC)n1. The van der Waals surface area contributed by atoms with Gasteiger partial charge in [0.2, 0.25) is 0 Å². The Kier molecular flexibility index (Phi) is 4.87. The summed E-state index contributed by atoms with van der Waals surface area (Å²) in [6.45, 7) is 1.96. The minimum absolute atomic E-state index is 0.0786. The van der Waals surface area contributed by atoms with Gasteiger partial charge in [-0.25, -0.2) is 9.37 Å². The van der Waals surface area contributed by atoms with Gasteiger partial charge in [-0.3, -0.25) is 10.1 Å². The van der Waals surface area contributed by atoms with E-state index in [0.717, 1.165) is 5.69 Å². The summed E-state index contributed by atoms with van der Waals surface area (Å²) in [7, 11) is 3.22. The Morgan fingerprint density at radius 1 is 1.48 bits per heavy atom. The summed E-state index contributed by atoms with van der Waals surface area (Å²) in [6, 6.07) is 4.32. The predicted molar refractivity (Wildman–Crippen MR) is 80.5 cm³/mol. The molecule has 1 heterocycles. The van der Waals surface area contributed by atoms with E-state index in [0.29, 0.717) is 5.13 Å². The molecule has 0 aliphatic rings. The zero-order chi connectivity index (χ0) is 15.4. The van der Waals surface area contributed by atoms with E-state index in [1.807, 2.05) is 19.4 Å². The van der Waals surface area contributed by atoms with Crippen molar-refractivity contribution in [3.05, 3.63) is 40.7 Å². The molecule has 0 radical (unpaired) electrons. The quantitative estimate of drug-likeness (QED) is 0.891. The third-order valence-electron chi connectivity index (χ3n) is 3.04. The number of hydrogen-bond donors (Lipinski definition) is 2. The molecular weight excluding hydrogens is 293 g/mol. The molecule has 0 saturated carbocycles. The van der Waals surface area contributed by atoms with Gasteiger partial charge in [0.1, 0.15) is 17.1 Å². The third kappa shape index (κ3) is 3.37. The molecule has 2 aromatic rings. The van der Waals surface area contributed by atoms with E-state index in [4.69, 9.17) is 4.74 Å². The average Bonchev–Trinajstić information content (AvgIpc) is 2.94. The lowest BCUT2D eigenvalue weighted by molar-refractivity contribution is 0.102. The number of rotatable bonds is 5. The number of halogens is 1. The second-order valence-electron chi connectivity index (χ2n) is 4.36. The van der Waals surface area contributed by atoms with Gasteiger partial charge >= 0.3 is 0 Å². The van der Waals surface area contributed by atoms with Crippen LogP contribution in [0.15, 0.2) is 23.6 Å². The summed E-state index contributed by atoms with van der Waals surface area (Å²) in [5.74, 6) is -1.02. The summed E-state index contributed by atoms with van der Waals surface area (Å²) >= 11 is 1.29. The van der Waals surface area contributed by atoms with Gasteiger partial charge in [-0.1, -0.05) is 6.07 Å². The van der Waals surface area contributed by atoms with E-state index in [1.54, 1.807) is 0 Å². The highest BCUT2D eigenvalue weighted by atomic mass is 32.1. The number of thiazole rings is 1. The number of nitrogens with zero attached hydrogens (tertiary/aromatic N) is 1. The van der Waals surface area contributed by atoms with Crippen molar-refractivity contribution in [2.45, 2.75) is 13.0 Å². The summed E-state index contributed by atoms with van der Waals surface area (Å²) in [5, 5.41) is 7.91. The fraction of sp³-hybridized carbons (Fsp3) is 0.286. The second-order valence-corrected chi connectivity index (χ2v) is 5.22. The maximum atomic E-state index is 13.8. The molecule has 0 spiro atoms. The zero-order valence-electron chi connectivity index (χ0n) is 11.9. The molecule has 1 atom stereocenters. The summed E-state index contributed by atoms with van der Waals surface area (Å²) in [4.78, 5) is 16.5. The second kappa shape index (κ2) is 6.64. The molecule has 1 aromatic carbocycles. The first-order valence-corrected chi connectivity index (χ1v) is 7.21. The lowest BCUT2D eigenvalue weighted by Crippen LogP contribution is -2.16. The molecule has 5 nitrogen and oxygen atoms in total. The predicted octanol–water partition coefficient (Wildman–Crippen LogP) is 2.82. The summed E-state index contributed by atoms with van der Waals surface area (Å²) in [5.41, 5.74) is 0.691. The Morgan fingerprint density at radius 2 is 2.24 bits per heavy atom. The van der Waals surface area contributed by atoms with Crippen molar-refractivity contribution in [1.82, 2.24) is 10.3 Å². The number of methoxy groups -OCH3 is 1. The highest BCUT2D eigenvalue weighted by Crippen LogP contribution is 2.25. The van der Waals surface area contributed by atoms with Crippen LogP contribution in [0.1, 0.15) is 29.0 Å². The number of anilines is 1. The smallest absolute Gasteiger partial charge is 0.264 e. The van der Waals surface area contributed by atoms with Gasteiger partial charge < -0.3 is 10.1 Å². The van der Waals surface area contributed by atoms with E-state index in [2.05, 4.69) is 15.6 Å². The van der Waals surface area contributed by atoms with E-state index in [1.165, 1.54) is 36.6 Å². The largest absolute Gasteiger partial charge is 0.496 e. The fourth-order valence-electron chi connectivity index (χ4n) is 1.74. The lowest BCUT2D eigenvalue weighted by Gasteiger charge is -2.08. The molecule has 0 bridgehead atoms. The van der Waals surface area contributed by atoms with Crippen LogP contribution in [-0.2, 0) is 0 Å². The molecule has 7 heteroatoms. The monoisotopic (exact) mass is 309 g/mol. The third-order valence-corrected chi connectivity index (χ3v) is 3.82. The van der Waals surface area contributed by atoms with Crippen LogP contribution >= 0.6 is 11.3 Å². The molecule has 0 fully saturated rings. The van der Waals surface area contributed by atoms with Crippen molar-refractivity contribution in [3.8, 4) is 5.75 Å². The van der Waals surface area contributed by atoms with Crippen LogP contribution in [0.4, 0.5) is 9.52 Å². The number of hydrogen-bond acceptors (Lipinski definition) is 5. The first-order valence-electron chi connectivity index (χ1n) is 6.33. The molecule has 0 aliphatic heterocycles. The van der Waals surface area contributed by atoms with Gasteiger partial charge in [-0.15, -0.1) is 11.3 Å². The number of carbonyl (C=O) groups excluding carboxylic acids is 1. The lowest BCUT2D eigenvalue weighted by atomic mass is 10.1. The van der Waals surface area contributed by atoms with Crippen LogP contribution in [0.3, 0.4) is 0 Å². The van der Waals surface area contributed by atoms with Gasteiger partial charge in [0.25, 0.3) is 5.91 Å². The summed E-state index contributed by atoms with van der Waals surface area (Å²) in [6.07, 6.45) is 0. The molecule has 1 unspecified atom stereocenters. The highest BCUT2D eigenvalue weighted by molar-refractivity contribution is 7.14. The first kappa shape index (κ1) is 15.4. The van der Waals surface area contributed by atoms with Crippen LogP contribution in [0.25, 0.3) is 0 Å².